The van der Waals surface area contributed by atoms with Gasteiger partial charge in [-0.15, -0.1) is 0 Å². The fraction of sp³-hybridized carbons (Fsp3) is 0.500. The van der Waals surface area contributed by atoms with Crippen LogP contribution in [0.1, 0.15) is 24.0 Å². The van der Waals surface area contributed by atoms with Crippen LogP contribution in [-0.2, 0) is 16.8 Å². The first kappa shape index (κ1) is 10.9. The second-order valence-corrected chi connectivity index (χ2v) is 4.45. The molecular formula is C12H15ClO2. The third-order valence-corrected chi connectivity index (χ3v) is 3.47. The van der Waals surface area contributed by atoms with Gasteiger partial charge < -0.3 is 9.84 Å². The molecule has 1 unspecified atom stereocenters. The average molecular weight is 227 g/mol. The Morgan fingerprint density at radius 1 is 1.53 bits per heavy atom. The van der Waals surface area contributed by atoms with Crippen LogP contribution in [0.5, 0.6) is 0 Å². The van der Waals surface area contributed by atoms with Gasteiger partial charge in [0.2, 0.25) is 0 Å². The number of methoxy groups -OCH3 is 1. The Morgan fingerprint density at radius 3 is 3.00 bits per heavy atom. The normalized spacial score (nSPS) is 25.0. The molecule has 0 aromatic heterocycles. The van der Waals surface area contributed by atoms with Gasteiger partial charge in [0.15, 0.2) is 0 Å². The molecular weight excluding hydrogens is 212 g/mol. The highest BCUT2D eigenvalue weighted by atomic mass is 35.5. The first-order chi connectivity index (χ1) is 7.22. The smallest absolute Gasteiger partial charge is 0.116 e. The molecule has 0 saturated heterocycles. The Balaban J connectivity index is 2.50. The van der Waals surface area contributed by atoms with Crippen molar-refractivity contribution in [3.63, 3.8) is 0 Å². The zero-order valence-corrected chi connectivity index (χ0v) is 9.55. The number of fused-ring (bicyclic) bond motifs is 1. The molecule has 2 rings (SSSR count). The van der Waals surface area contributed by atoms with Crippen molar-refractivity contribution < 1.29 is 9.84 Å². The second kappa shape index (κ2) is 4.12. The topological polar surface area (TPSA) is 29.5 Å². The largest absolute Gasteiger partial charge is 0.393 e. The second-order valence-electron chi connectivity index (χ2n) is 4.01. The summed E-state index contributed by atoms with van der Waals surface area (Å²) in [7, 11) is 1.65. The van der Waals surface area contributed by atoms with Crippen molar-refractivity contribution in [1.82, 2.24) is 0 Å². The molecule has 3 heteroatoms. The van der Waals surface area contributed by atoms with Crippen molar-refractivity contribution >= 4 is 11.6 Å². The monoisotopic (exact) mass is 226 g/mol. The minimum Gasteiger partial charge on any atom is -0.393 e. The molecule has 15 heavy (non-hydrogen) atoms. The minimum atomic E-state index is -0.516. The molecule has 2 nitrogen and oxygen atoms in total. The van der Waals surface area contributed by atoms with Gasteiger partial charge in [-0.25, -0.2) is 0 Å². The Kier molecular flexibility index (Phi) is 3.01. The lowest BCUT2D eigenvalue weighted by Gasteiger charge is -2.36. The summed E-state index contributed by atoms with van der Waals surface area (Å²) in [6.07, 6.45) is 2.91. The zero-order chi connectivity index (χ0) is 10.9. The van der Waals surface area contributed by atoms with Gasteiger partial charge in [-0.2, -0.15) is 0 Å². The summed E-state index contributed by atoms with van der Waals surface area (Å²) in [4.78, 5) is 0. The molecule has 1 N–H and O–H groups in total. The maximum atomic E-state index is 9.50. The van der Waals surface area contributed by atoms with Crippen LogP contribution in [-0.4, -0.2) is 18.8 Å². The van der Waals surface area contributed by atoms with Crippen molar-refractivity contribution in [3.05, 3.63) is 34.3 Å². The summed E-state index contributed by atoms with van der Waals surface area (Å²) in [5.74, 6) is 0. The lowest BCUT2D eigenvalue weighted by Crippen LogP contribution is -2.36. The van der Waals surface area contributed by atoms with Crippen LogP contribution in [0.3, 0.4) is 0 Å². The SMILES string of the molecule is COC1(CO)CCCc2cc(Cl)ccc21. The van der Waals surface area contributed by atoms with Gasteiger partial charge >= 0.3 is 0 Å². The van der Waals surface area contributed by atoms with Crippen molar-refractivity contribution in [1.29, 1.82) is 0 Å². The van der Waals surface area contributed by atoms with E-state index >= 15 is 0 Å². The van der Waals surface area contributed by atoms with E-state index < -0.39 is 5.60 Å². The van der Waals surface area contributed by atoms with Crippen molar-refractivity contribution in [3.8, 4) is 0 Å². The van der Waals surface area contributed by atoms with E-state index in [1.165, 1.54) is 5.56 Å². The zero-order valence-electron chi connectivity index (χ0n) is 8.79. The maximum Gasteiger partial charge on any atom is 0.116 e. The number of benzene rings is 1. The van der Waals surface area contributed by atoms with E-state index in [0.717, 1.165) is 29.8 Å². The summed E-state index contributed by atoms with van der Waals surface area (Å²) in [6.45, 7) is 0.0259. The van der Waals surface area contributed by atoms with Crippen LogP contribution >= 0.6 is 11.6 Å². The minimum absolute atomic E-state index is 0.0259. The maximum absolute atomic E-state index is 9.50. The lowest BCUT2D eigenvalue weighted by atomic mass is 9.79. The molecule has 0 radical (unpaired) electrons. The van der Waals surface area contributed by atoms with Crippen molar-refractivity contribution in [2.24, 2.45) is 0 Å². The molecule has 0 spiro atoms. The predicted octanol–water partition coefficient (Wildman–Crippen LogP) is 2.51. The third kappa shape index (κ3) is 1.78. The Morgan fingerprint density at radius 2 is 2.33 bits per heavy atom. The highest BCUT2D eigenvalue weighted by Crippen LogP contribution is 2.38. The summed E-state index contributed by atoms with van der Waals surface area (Å²) >= 11 is 5.95. The third-order valence-electron chi connectivity index (χ3n) is 3.23. The molecule has 82 valence electrons. The highest BCUT2D eigenvalue weighted by molar-refractivity contribution is 6.30. The van der Waals surface area contributed by atoms with Crippen LogP contribution in [0, 0.1) is 0 Å². The molecule has 1 aromatic rings. The molecule has 0 aliphatic heterocycles. The molecule has 1 atom stereocenters. The highest BCUT2D eigenvalue weighted by Gasteiger charge is 2.35. The van der Waals surface area contributed by atoms with Gasteiger partial charge in [0.1, 0.15) is 5.60 Å². The fourth-order valence-electron chi connectivity index (χ4n) is 2.35. The van der Waals surface area contributed by atoms with Crippen LogP contribution in [0.4, 0.5) is 0 Å². The van der Waals surface area contributed by atoms with Gasteiger partial charge in [-0.1, -0.05) is 17.7 Å². The number of ether oxygens (including phenoxy) is 1. The van der Waals surface area contributed by atoms with E-state index in [4.69, 9.17) is 16.3 Å². The van der Waals surface area contributed by atoms with Crippen LogP contribution < -0.4 is 0 Å². The molecule has 1 aromatic carbocycles. The molecule has 0 heterocycles. The summed E-state index contributed by atoms with van der Waals surface area (Å²) in [6, 6.07) is 5.80. The van der Waals surface area contributed by atoms with Crippen LogP contribution in [0.2, 0.25) is 5.02 Å². The van der Waals surface area contributed by atoms with Gasteiger partial charge in [0, 0.05) is 12.1 Å². The quantitative estimate of drug-likeness (QED) is 0.840. The summed E-state index contributed by atoms with van der Waals surface area (Å²) in [5.41, 5.74) is 1.77. The van der Waals surface area contributed by atoms with E-state index in [1.54, 1.807) is 7.11 Å². The number of aliphatic hydroxyl groups excluding tert-OH is 1. The first-order valence-electron chi connectivity index (χ1n) is 5.17. The number of aliphatic hydroxyl groups is 1. The van der Waals surface area contributed by atoms with Gasteiger partial charge in [-0.3, -0.25) is 0 Å². The molecule has 0 fully saturated rings. The Labute approximate surface area is 94.8 Å². The van der Waals surface area contributed by atoms with Gasteiger partial charge in [0.25, 0.3) is 0 Å². The number of halogens is 1. The molecule has 1 aliphatic rings. The fourth-order valence-corrected chi connectivity index (χ4v) is 2.55. The van der Waals surface area contributed by atoms with E-state index in [9.17, 15) is 5.11 Å². The molecule has 0 amide bonds. The van der Waals surface area contributed by atoms with Crippen molar-refractivity contribution in [2.45, 2.75) is 24.9 Å². The Bertz CT molecular complexity index is 359. The lowest BCUT2D eigenvalue weighted by molar-refractivity contribution is -0.0688. The summed E-state index contributed by atoms with van der Waals surface area (Å²) < 4.78 is 5.50. The average Bonchev–Trinajstić information content (AvgIpc) is 2.27. The molecule has 0 bridgehead atoms. The predicted molar refractivity (Wildman–Crippen MR) is 60.2 cm³/mol. The van der Waals surface area contributed by atoms with E-state index in [1.807, 2.05) is 18.2 Å². The molecule has 0 saturated carbocycles. The van der Waals surface area contributed by atoms with Crippen LogP contribution in [0.25, 0.3) is 0 Å². The standard InChI is InChI=1S/C12H15ClO2/c1-15-12(8-14)6-2-3-9-7-10(13)4-5-11(9)12/h4-5,7,14H,2-3,6,8H2,1H3. The first-order valence-corrected chi connectivity index (χ1v) is 5.54. The Hall–Kier alpha value is -0.570. The van der Waals surface area contributed by atoms with Crippen molar-refractivity contribution in [2.75, 3.05) is 13.7 Å². The van der Waals surface area contributed by atoms with E-state index in [2.05, 4.69) is 0 Å². The van der Waals surface area contributed by atoms with Gasteiger partial charge in [0.05, 0.1) is 6.61 Å². The number of aryl methyl sites for hydroxylation is 1. The van der Waals surface area contributed by atoms with Gasteiger partial charge in [-0.05, 0) is 42.5 Å². The van der Waals surface area contributed by atoms with E-state index in [-0.39, 0.29) is 6.61 Å². The summed E-state index contributed by atoms with van der Waals surface area (Å²) in [5, 5.41) is 10.2. The number of hydrogen-bond acceptors (Lipinski definition) is 2. The molecule has 1 aliphatic carbocycles. The number of hydrogen-bond donors (Lipinski definition) is 1. The van der Waals surface area contributed by atoms with Crippen LogP contribution in [0.15, 0.2) is 18.2 Å². The van der Waals surface area contributed by atoms with E-state index in [0.29, 0.717) is 0 Å². The number of rotatable bonds is 2.